The molecule has 12 N–H and O–H groups in total. The van der Waals surface area contributed by atoms with Gasteiger partial charge in [0.05, 0.1) is 0 Å². The molecule has 82 heavy (non-hydrogen) atoms. The zero-order valence-electron chi connectivity index (χ0n) is 46.1. The average molecular weight is 1210 g/mol. The molecule has 0 spiro atoms. The Balaban J connectivity index is 2.96. The first kappa shape index (κ1) is 71.5. The van der Waals surface area contributed by atoms with Crippen LogP contribution in [0.1, 0.15) is 60.2 Å². The van der Waals surface area contributed by atoms with Gasteiger partial charge in [0.25, 0.3) is 0 Å². The number of Topliss-reactive ketones (excluding diaryl/α,β-unsaturated/α-hetero) is 1. The molecule has 0 aliphatic carbocycles. The second-order valence-corrected chi connectivity index (χ2v) is 19.5. The topological polar surface area (TPSA) is 445 Å². The van der Waals surface area contributed by atoms with Crippen molar-refractivity contribution in [3.05, 3.63) is 47.5 Å². The molecule has 0 aliphatic heterocycles. The number of hydrogen-bond acceptors (Lipinski definition) is 25. The van der Waals surface area contributed by atoms with Gasteiger partial charge in [-0.2, -0.15) is 23.5 Å². The molecule has 33 heteroatoms. The fourth-order valence-corrected chi connectivity index (χ4v) is 9.39. The number of nitrogens with one attached hydrogen (secondary N) is 4. The number of benzene rings is 2. The summed E-state index contributed by atoms with van der Waals surface area (Å²) in [5, 5.41) is 44.6. The third-order valence-electron chi connectivity index (χ3n) is 10.9. The van der Waals surface area contributed by atoms with E-state index >= 15 is 4.79 Å². The Kier molecular flexibility index (Phi) is 33.3. The van der Waals surface area contributed by atoms with Gasteiger partial charge < -0.3 is 110 Å². The predicted molar refractivity (Wildman–Crippen MR) is 286 cm³/mol. The number of carbonyl (C=O) groups excluding carboxylic acids is 5. The summed E-state index contributed by atoms with van der Waals surface area (Å²) >= 11 is 1.85. The Labute approximate surface area is 479 Å². The van der Waals surface area contributed by atoms with E-state index in [1.165, 1.54) is 93.3 Å². The maximum atomic E-state index is 15.0. The van der Waals surface area contributed by atoms with Crippen LogP contribution in [0.3, 0.4) is 0 Å². The van der Waals surface area contributed by atoms with Gasteiger partial charge >= 0.3 is 49.8 Å². The van der Waals surface area contributed by atoms with Crippen molar-refractivity contribution in [3.63, 3.8) is 0 Å². The summed E-state index contributed by atoms with van der Waals surface area (Å²) in [4.78, 5) is 115. The maximum Gasteiger partial charge on any atom is 0.322 e. The highest BCUT2D eigenvalue weighted by molar-refractivity contribution is 7.99. The quantitative estimate of drug-likeness (QED) is 0.0386. The van der Waals surface area contributed by atoms with Crippen LogP contribution in [-0.4, -0.2) is 205 Å². The van der Waals surface area contributed by atoms with Crippen molar-refractivity contribution in [2.75, 3.05) is 81.5 Å². The molecule has 2 aromatic rings. The molecular weight excluding hydrogens is 1140 g/mol. The second kappa shape index (κ2) is 38.2. The van der Waals surface area contributed by atoms with Crippen molar-refractivity contribution in [2.24, 2.45) is 11.5 Å². The summed E-state index contributed by atoms with van der Waals surface area (Å²) in [6.07, 6.45) is -2.47. The van der Waals surface area contributed by atoms with Crippen LogP contribution in [0, 0.1) is 0 Å². The van der Waals surface area contributed by atoms with E-state index in [-0.39, 0.29) is 58.5 Å². The van der Waals surface area contributed by atoms with Gasteiger partial charge in [-0.15, -0.1) is 0 Å². The van der Waals surface area contributed by atoms with Crippen LogP contribution in [0.15, 0.2) is 36.4 Å². The van der Waals surface area contributed by atoms with Gasteiger partial charge in [0, 0.05) is 117 Å². The number of carboxylic acids is 4. The highest BCUT2D eigenvalue weighted by Gasteiger charge is 2.31. The molecule has 0 saturated heterocycles. The SMILES string of the molecule is COC(OC)Oc1cc(OC(OC)OC)cc(C(CC(=O)CC(SC[C@@H](NC(=O)CC[C@H](N)C(=O)O)C(=O)NCC(=O)O)c2cc(OC(OC)OC)cc(OC(OC)OC)c2)SC[C@@H](NC(=O)CC[C@H](N)C(=O)O)C(=O)NCC(=O)O)c1. The molecule has 2 aromatic carbocycles. The molecule has 0 aliphatic rings. The van der Waals surface area contributed by atoms with E-state index in [9.17, 15) is 58.8 Å². The van der Waals surface area contributed by atoms with Gasteiger partial charge in [0.15, 0.2) is 0 Å². The minimum absolute atomic E-state index is 0.0388. The maximum absolute atomic E-state index is 15.0. The molecule has 0 fully saturated rings. The molecule has 0 aromatic heterocycles. The van der Waals surface area contributed by atoms with Crippen molar-refractivity contribution >= 4 is 76.8 Å². The largest absolute Gasteiger partial charge is 0.480 e. The van der Waals surface area contributed by atoms with Crippen molar-refractivity contribution in [2.45, 2.75) is 99.1 Å². The molecular formula is C49H72N6O25S2. The lowest BCUT2D eigenvalue weighted by Crippen LogP contribution is -2.49. The van der Waals surface area contributed by atoms with Gasteiger partial charge in [0.1, 0.15) is 66.0 Å². The summed E-state index contributed by atoms with van der Waals surface area (Å²) in [5.41, 5.74) is 11.7. The van der Waals surface area contributed by atoms with Crippen molar-refractivity contribution in [1.29, 1.82) is 0 Å². The number of amides is 4. The van der Waals surface area contributed by atoms with Gasteiger partial charge in [-0.3, -0.25) is 43.2 Å². The number of ketones is 1. The van der Waals surface area contributed by atoms with Crippen LogP contribution in [-0.2, 0) is 81.0 Å². The number of ether oxygens (including phenoxy) is 12. The monoisotopic (exact) mass is 1210 g/mol. The molecule has 0 heterocycles. The van der Waals surface area contributed by atoms with E-state index in [4.69, 9.17) is 68.3 Å². The summed E-state index contributed by atoms with van der Waals surface area (Å²) in [5.74, 6) is -10.3. The second-order valence-electron chi connectivity index (χ2n) is 17.0. The molecule has 31 nitrogen and oxygen atoms in total. The van der Waals surface area contributed by atoms with E-state index in [2.05, 4.69) is 21.3 Å². The fourth-order valence-electron chi connectivity index (χ4n) is 6.80. The van der Waals surface area contributed by atoms with Crippen molar-refractivity contribution < 1.29 is 120 Å². The molecule has 2 unspecified atom stereocenters. The normalized spacial score (nSPS) is 13.5. The highest BCUT2D eigenvalue weighted by atomic mass is 32.2. The standard InChI is InChI=1S/C49H72N6O25S2/c1-69-46(70-2)77-28-13-25(14-29(19-28)78-47(71-3)72-4)36(81-23-34(42(63)52-21-40(59)60)54-38(57)11-9-32(50)44(65)66)17-27(56)18-37(26-15-30(79-48(73-5)74-6)20-31(16-26)80-49(75-7)76-8)82-24-35(43(64)53-22-41(61)62)55-39(58)12-10-33(51)45(67)68/h13-16,19-20,32-37,46-49H,9-12,17-18,21-24,50-51H2,1-8H3,(H,52,63)(H,53,64)(H,54,57)(H,55,58)(H,59,60)(H,61,62)(H,65,66)(H,67,68)/t32-,33-,34+,35+,36?,37?/m0/s1. The molecule has 0 bridgehead atoms. The first-order chi connectivity index (χ1) is 38.9. The Morgan fingerprint density at radius 1 is 0.463 bits per heavy atom. The van der Waals surface area contributed by atoms with E-state index in [0.29, 0.717) is 0 Å². The van der Waals surface area contributed by atoms with Crippen LogP contribution in [0.5, 0.6) is 23.0 Å². The third-order valence-corrected chi connectivity index (χ3v) is 13.6. The molecule has 0 saturated carbocycles. The lowest BCUT2D eigenvalue weighted by molar-refractivity contribution is -0.222. The Hall–Kier alpha value is -6.63. The van der Waals surface area contributed by atoms with Crippen LogP contribution >= 0.6 is 23.5 Å². The van der Waals surface area contributed by atoms with E-state index in [1.807, 2.05) is 0 Å². The fraction of sp³-hybridized carbons (Fsp3) is 0.571. The van der Waals surface area contributed by atoms with Crippen molar-refractivity contribution in [3.8, 4) is 23.0 Å². The van der Waals surface area contributed by atoms with Crippen LogP contribution in [0.4, 0.5) is 0 Å². The molecule has 0 radical (unpaired) electrons. The summed E-state index contributed by atoms with van der Waals surface area (Å²) in [6.45, 7) is -6.88. The molecule has 4 amide bonds. The van der Waals surface area contributed by atoms with Gasteiger partial charge in [-0.1, -0.05) is 0 Å². The van der Waals surface area contributed by atoms with Crippen molar-refractivity contribution in [1.82, 2.24) is 21.3 Å². The molecule has 6 atom stereocenters. The number of nitrogens with two attached hydrogens (primary N) is 2. The number of aliphatic carboxylic acids is 4. The van der Waals surface area contributed by atoms with Gasteiger partial charge in [-0.25, -0.2) is 0 Å². The lowest BCUT2D eigenvalue weighted by atomic mass is 10.0. The first-order valence-electron chi connectivity index (χ1n) is 24.4. The van der Waals surface area contributed by atoms with Crippen LogP contribution in [0.25, 0.3) is 0 Å². The summed E-state index contributed by atoms with van der Waals surface area (Å²) < 4.78 is 65.7. The number of carboxylic acid groups (broad SMARTS) is 4. The number of thioether (sulfide) groups is 2. The Morgan fingerprint density at radius 3 is 0.988 bits per heavy atom. The zero-order chi connectivity index (χ0) is 61.5. The predicted octanol–water partition coefficient (Wildman–Crippen LogP) is -0.139. The third kappa shape index (κ3) is 27.0. The van der Waals surface area contributed by atoms with Crippen LogP contribution in [0.2, 0.25) is 0 Å². The van der Waals surface area contributed by atoms with E-state index < -0.39 is 153 Å². The molecule has 2 rings (SSSR count). The highest BCUT2D eigenvalue weighted by Crippen LogP contribution is 2.42. The Bertz CT molecular complexity index is 2170. The minimum Gasteiger partial charge on any atom is -0.480 e. The lowest BCUT2D eigenvalue weighted by Gasteiger charge is -2.26. The summed E-state index contributed by atoms with van der Waals surface area (Å²) in [7, 11) is 10.3. The average Bonchev–Trinajstić information content (AvgIpc) is 3.56. The van der Waals surface area contributed by atoms with E-state index in [0.717, 1.165) is 23.5 Å². The zero-order valence-corrected chi connectivity index (χ0v) is 47.8. The number of hydrogen-bond donors (Lipinski definition) is 10. The van der Waals surface area contributed by atoms with Crippen LogP contribution < -0.4 is 51.7 Å². The molecule has 460 valence electrons. The van der Waals surface area contributed by atoms with E-state index in [1.54, 1.807) is 0 Å². The Morgan fingerprint density at radius 2 is 0.744 bits per heavy atom. The summed E-state index contributed by atoms with van der Waals surface area (Å²) in [6, 6.07) is 2.85. The smallest absolute Gasteiger partial charge is 0.322 e. The number of rotatable bonds is 44. The minimum atomic E-state index is -1.52. The number of carbonyl (C=O) groups is 9. The number of methoxy groups -OCH3 is 8. The van der Waals surface area contributed by atoms with Gasteiger partial charge in [-0.05, 0) is 48.2 Å². The first-order valence-corrected chi connectivity index (χ1v) is 26.5. The van der Waals surface area contributed by atoms with Gasteiger partial charge in [0.2, 0.25) is 23.6 Å².